The Bertz CT molecular complexity index is 355. The predicted molar refractivity (Wildman–Crippen MR) is 77.9 cm³/mol. The van der Waals surface area contributed by atoms with Gasteiger partial charge in [0.05, 0.1) is 6.61 Å². The van der Waals surface area contributed by atoms with Gasteiger partial charge in [0.25, 0.3) is 0 Å². The van der Waals surface area contributed by atoms with Crippen molar-refractivity contribution in [2.75, 3.05) is 6.61 Å². The van der Waals surface area contributed by atoms with Crippen LogP contribution in [-0.2, 0) is 4.79 Å². The van der Waals surface area contributed by atoms with Crippen LogP contribution in [0.3, 0.4) is 0 Å². The Labute approximate surface area is 116 Å². The molecule has 0 aromatic heterocycles. The van der Waals surface area contributed by atoms with E-state index in [2.05, 4.69) is 19.6 Å². The lowest BCUT2D eigenvalue weighted by Crippen LogP contribution is -2.42. The van der Waals surface area contributed by atoms with Crippen LogP contribution in [0.25, 0.3) is 0 Å². The van der Waals surface area contributed by atoms with Gasteiger partial charge in [-0.25, -0.2) is 0 Å². The highest BCUT2D eigenvalue weighted by Gasteiger charge is 2.43. The van der Waals surface area contributed by atoms with Crippen molar-refractivity contribution in [3.63, 3.8) is 0 Å². The van der Waals surface area contributed by atoms with Gasteiger partial charge in [0.15, 0.2) is 0 Å². The Balaban J connectivity index is 0.000000550. The number of rotatable bonds is 5. The number of hydrogen-bond donors (Lipinski definition) is 1. The Kier molecular flexibility index (Phi) is 6.40. The van der Waals surface area contributed by atoms with Crippen LogP contribution >= 0.6 is 0 Å². The number of primary amides is 1. The molecule has 106 valence electrons. The molecule has 3 heteroatoms. The SMILES string of the molecule is CCC1(CC)CCC1COc1ccccc1.NC=O. The molecule has 1 saturated carbocycles. The summed E-state index contributed by atoms with van der Waals surface area (Å²) in [7, 11) is 0. The summed E-state index contributed by atoms with van der Waals surface area (Å²) in [5, 5.41) is 0. The molecule has 0 spiro atoms. The van der Waals surface area contributed by atoms with E-state index in [0.717, 1.165) is 18.3 Å². The maximum atomic E-state index is 8.58. The van der Waals surface area contributed by atoms with Crippen LogP contribution in [0.1, 0.15) is 39.5 Å². The van der Waals surface area contributed by atoms with E-state index in [1.165, 1.54) is 25.7 Å². The van der Waals surface area contributed by atoms with E-state index in [-0.39, 0.29) is 6.41 Å². The molecule has 1 aromatic rings. The minimum Gasteiger partial charge on any atom is -0.493 e. The molecule has 0 saturated heterocycles. The summed E-state index contributed by atoms with van der Waals surface area (Å²) in [6, 6.07) is 10.2. The standard InChI is InChI=1S/C15H22O.CH3NO/c1-3-15(4-2)11-10-13(15)12-16-14-8-6-5-7-9-14;2-1-3/h5-9,13H,3-4,10-12H2,1-2H3;1H,(H2,2,3). The van der Waals surface area contributed by atoms with Crippen molar-refractivity contribution in [1.82, 2.24) is 0 Å². The Hall–Kier alpha value is -1.51. The number of ether oxygens (including phenoxy) is 1. The second kappa shape index (κ2) is 7.82. The zero-order valence-corrected chi connectivity index (χ0v) is 12.0. The molecule has 1 fully saturated rings. The molecule has 19 heavy (non-hydrogen) atoms. The summed E-state index contributed by atoms with van der Waals surface area (Å²) in [5.41, 5.74) is 4.74. The first-order chi connectivity index (χ1) is 9.22. The van der Waals surface area contributed by atoms with Gasteiger partial charge in [0, 0.05) is 0 Å². The zero-order chi connectivity index (χ0) is 14.1. The Morgan fingerprint density at radius 1 is 1.32 bits per heavy atom. The number of hydrogen-bond acceptors (Lipinski definition) is 2. The average molecular weight is 263 g/mol. The second-order valence-electron chi connectivity index (χ2n) is 5.07. The molecule has 0 bridgehead atoms. The molecule has 1 unspecified atom stereocenters. The quantitative estimate of drug-likeness (QED) is 0.828. The third kappa shape index (κ3) is 3.98. The molecule has 1 aliphatic carbocycles. The van der Waals surface area contributed by atoms with Crippen LogP contribution in [0.4, 0.5) is 0 Å². The van der Waals surface area contributed by atoms with E-state index < -0.39 is 0 Å². The number of para-hydroxylation sites is 1. The van der Waals surface area contributed by atoms with Gasteiger partial charge in [-0.3, -0.25) is 4.79 Å². The summed E-state index contributed by atoms with van der Waals surface area (Å²) in [5.74, 6) is 1.78. The fourth-order valence-electron chi connectivity index (χ4n) is 2.91. The van der Waals surface area contributed by atoms with E-state index in [1.54, 1.807) is 0 Å². The van der Waals surface area contributed by atoms with Crippen molar-refractivity contribution < 1.29 is 9.53 Å². The summed E-state index contributed by atoms with van der Waals surface area (Å²) in [4.78, 5) is 8.58. The molecule has 2 N–H and O–H groups in total. The highest BCUT2D eigenvalue weighted by Crippen LogP contribution is 2.51. The fourth-order valence-corrected chi connectivity index (χ4v) is 2.91. The monoisotopic (exact) mass is 263 g/mol. The lowest BCUT2D eigenvalue weighted by molar-refractivity contribution is -0.106. The molecular formula is C16H25NO2. The van der Waals surface area contributed by atoms with Gasteiger partial charge in [-0.15, -0.1) is 0 Å². The third-order valence-electron chi connectivity index (χ3n) is 4.46. The maximum Gasteiger partial charge on any atom is 0.204 e. The van der Waals surface area contributed by atoms with Crippen LogP contribution in [0.15, 0.2) is 30.3 Å². The van der Waals surface area contributed by atoms with Gasteiger partial charge in [0.1, 0.15) is 5.75 Å². The number of carbonyl (C=O) groups excluding carboxylic acids is 1. The number of carbonyl (C=O) groups is 1. The molecule has 2 rings (SSSR count). The summed E-state index contributed by atoms with van der Waals surface area (Å²) >= 11 is 0. The summed E-state index contributed by atoms with van der Waals surface area (Å²) in [6.45, 7) is 5.53. The van der Waals surface area contributed by atoms with E-state index in [0.29, 0.717) is 5.41 Å². The topological polar surface area (TPSA) is 52.3 Å². The van der Waals surface area contributed by atoms with E-state index in [1.807, 2.05) is 30.3 Å². The number of benzene rings is 1. The van der Waals surface area contributed by atoms with Crippen LogP contribution in [0.2, 0.25) is 0 Å². The van der Waals surface area contributed by atoms with Crippen molar-refractivity contribution in [2.24, 2.45) is 17.1 Å². The van der Waals surface area contributed by atoms with E-state index in [9.17, 15) is 0 Å². The first kappa shape index (κ1) is 15.5. The largest absolute Gasteiger partial charge is 0.493 e. The second-order valence-corrected chi connectivity index (χ2v) is 5.07. The van der Waals surface area contributed by atoms with Gasteiger partial charge in [-0.1, -0.05) is 44.9 Å². The molecule has 0 radical (unpaired) electrons. The third-order valence-corrected chi connectivity index (χ3v) is 4.46. The Morgan fingerprint density at radius 2 is 1.89 bits per heavy atom. The summed E-state index contributed by atoms with van der Waals surface area (Å²) in [6.07, 6.45) is 5.58. The van der Waals surface area contributed by atoms with Crippen molar-refractivity contribution in [3.8, 4) is 5.75 Å². The molecule has 1 amide bonds. The predicted octanol–water partition coefficient (Wildman–Crippen LogP) is 3.38. The van der Waals surface area contributed by atoms with Crippen LogP contribution < -0.4 is 10.5 Å². The van der Waals surface area contributed by atoms with Gasteiger partial charge < -0.3 is 10.5 Å². The molecule has 0 heterocycles. The fraction of sp³-hybridized carbons (Fsp3) is 0.562. The number of amides is 1. The van der Waals surface area contributed by atoms with Gasteiger partial charge in [-0.05, 0) is 36.3 Å². The minimum absolute atomic E-state index is 0.250. The Morgan fingerprint density at radius 3 is 2.32 bits per heavy atom. The van der Waals surface area contributed by atoms with Crippen molar-refractivity contribution >= 4 is 6.41 Å². The molecular weight excluding hydrogens is 238 g/mol. The smallest absolute Gasteiger partial charge is 0.204 e. The van der Waals surface area contributed by atoms with Crippen LogP contribution in [0, 0.1) is 11.3 Å². The normalized spacial score (nSPS) is 19.6. The zero-order valence-electron chi connectivity index (χ0n) is 12.0. The van der Waals surface area contributed by atoms with Crippen molar-refractivity contribution in [2.45, 2.75) is 39.5 Å². The first-order valence-corrected chi connectivity index (χ1v) is 7.05. The van der Waals surface area contributed by atoms with Gasteiger partial charge in [0.2, 0.25) is 6.41 Å². The van der Waals surface area contributed by atoms with Crippen LogP contribution in [0.5, 0.6) is 5.75 Å². The molecule has 1 aliphatic rings. The molecule has 0 aliphatic heterocycles. The average Bonchev–Trinajstić information content (AvgIpc) is 2.42. The summed E-state index contributed by atoms with van der Waals surface area (Å²) < 4.78 is 5.87. The van der Waals surface area contributed by atoms with E-state index >= 15 is 0 Å². The lowest BCUT2D eigenvalue weighted by Gasteiger charge is -2.49. The highest BCUT2D eigenvalue weighted by atomic mass is 16.5. The van der Waals surface area contributed by atoms with Gasteiger partial charge >= 0.3 is 0 Å². The minimum atomic E-state index is 0.250. The van der Waals surface area contributed by atoms with Crippen molar-refractivity contribution in [1.29, 1.82) is 0 Å². The van der Waals surface area contributed by atoms with Crippen molar-refractivity contribution in [3.05, 3.63) is 30.3 Å². The number of nitrogens with two attached hydrogens (primary N) is 1. The molecule has 3 nitrogen and oxygen atoms in total. The molecule has 1 aromatic carbocycles. The highest BCUT2D eigenvalue weighted by molar-refractivity contribution is 5.42. The van der Waals surface area contributed by atoms with Gasteiger partial charge in [-0.2, -0.15) is 0 Å². The maximum absolute atomic E-state index is 8.58. The van der Waals surface area contributed by atoms with E-state index in [4.69, 9.17) is 9.53 Å². The lowest BCUT2D eigenvalue weighted by atomic mass is 9.57. The van der Waals surface area contributed by atoms with Crippen LogP contribution in [-0.4, -0.2) is 13.0 Å². The first-order valence-electron chi connectivity index (χ1n) is 7.05. The molecule has 1 atom stereocenters.